The highest BCUT2D eigenvalue weighted by Crippen LogP contribution is 2.30. The van der Waals surface area contributed by atoms with Crippen molar-refractivity contribution in [1.82, 2.24) is 0 Å². The molecule has 110 valence electrons. The van der Waals surface area contributed by atoms with Crippen molar-refractivity contribution in [3.8, 4) is 5.75 Å². The maximum Gasteiger partial charge on any atom is 0.244 e. The first-order chi connectivity index (χ1) is 10.0. The molecule has 0 aliphatic heterocycles. The van der Waals surface area contributed by atoms with Crippen LogP contribution in [-0.2, 0) is 4.79 Å². The number of anilines is 1. The minimum absolute atomic E-state index is 0.0689. The Morgan fingerprint density at radius 1 is 1.29 bits per heavy atom. The van der Waals surface area contributed by atoms with Crippen LogP contribution in [0.5, 0.6) is 5.75 Å². The van der Waals surface area contributed by atoms with Crippen molar-refractivity contribution in [2.75, 3.05) is 12.4 Å². The molecule has 0 aliphatic carbocycles. The second kappa shape index (κ2) is 6.45. The van der Waals surface area contributed by atoms with Gasteiger partial charge in [-0.25, -0.2) is 4.39 Å². The van der Waals surface area contributed by atoms with Gasteiger partial charge in [-0.1, -0.05) is 35.9 Å². The highest BCUT2D eigenvalue weighted by molar-refractivity contribution is 6.30. The van der Waals surface area contributed by atoms with Crippen molar-refractivity contribution in [3.05, 3.63) is 58.9 Å². The number of hydrogen-bond donors (Lipinski definition) is 2. The Morgan fingerprint density at radius 3 is 2.67 bits per heavy atom. The van der Waals surface area contributed by atoms with Crippen LogP contribution in [-0.4, -0.2) is 13.0 Å². The summed E-state index contributed by atoms with van der Waals surface area (Å²) in [5.74, 6) is -0.876. The summed E-state index contributed by atoms with van der Waals surface area (Å²) in [4.78, 5) is 11.7. The molecule has 0 radical (unpaired) electrons. The molecule has 2 aromatic rings. The molecule has 4 nitrogen and oxygen atoms in total. The highest BCUT2D eigenvalue weighted by atomic mass is 35.5. The SMILES string of the molecule is COc1ccccc1NC(C(N)=O)c1cccc(Cl)c1F. The summed E-state index contributed by atoms with van der Waals surface area (Å²) in [6.07, 6.45) is 0. The molecule has 0 fully saturated rings. The molecule has 0 aliphatic rings. The lowest BCUT2D eigenvalue weighted by Gasteiger charge is -2.19. The van der Waals surface area contributed by atoms with Crippen LogP contribution in [0.15, 0.2) is 42.5 Å². The van der Waals surface area contributed by atoms with Crippen LogP contribution in [0.25, 0.3) is 0 Å². The fourth-order valence-corrected chi connectivity index (χ4v) is 2.15. The predicted octanol–water partition coefficient (Wildman–Crippen LogP) is 3.13. The number of hydrogen-bond acceptors (Lipinski definition) is 3. The van der Waals surface area contributed by atoms with Crippen LogP contribution in [0.4, 0.5) is 10.1 Å². The lowest BCUT2D eigenvalue weighted by Crippen LogP contribution is -2.28. The molecule has 2 aromatic carbocycles. The largest absolute Gasteiger partial charge is 0.495 e. The maximum absolute atomic E-state index is 14.1. The Morgan fingerprint density at radius 2 is 2.00 bits per heavy atom. The smallest absolute Gasteiger partial charge is 0.244 e. The lowest BCUT2D eigenvalue weighted by atomic mass is 10.0. The van der Waals surface area contributed by atoms with E-state index in [9.17, 15) is 9.18 Å². The number of methoxy groups -OCH3 is 1. The zero-order chi connectivity index (χ0) is 15.4. The first-order valence-electron chi connectivity index (χ1n) is 6.17. The molecular formula is C15H14ClFN2O2. The number of ether oxygens (including phenoxy) is 1. The van der Waals surface area contributed by atoms with Crippen molar-refractivity contribution in [3.63, 3.8) is 0 Å². The lowest BCUT2D eigenvalue weighted by molar-refractivity contribution is -0.118. The highest BCUT2D eigenvalue weighted by Gasteiger charge is 2.23. The average Bonchev–Trinajstić information content (AvgIpc) is 2.48. The van der Waals surface area contributed by atoms with Crippen molar-refractivity contribution in [2.45, 2.75) is 6.04 Å². The second-order valence-corrected chi connectivity index (χ2v) is 4.73. The Balaban J connectivity index is 2.41. The molecule has 6 heteroatoms. The van der Waals surface area contributed by atoms with Gasteiger partial charge in [-0.15, -0.1) is 0 Å². The molecule has 0 heterocycles. The first-order valence-corrected chi connectivity index (χ1v) is 6.55. The summed E-state index contributed by atoms with van der Waals surface area (Å²) < 4.78 is 19.3. The normalized spacial score (nSPS) is 11.8. The third kappa shape index (κ3) is 3.25. The number of nitrogens with one attached hydrogen (secondary N) is 1. The van der Waals surface area contributed by atoms with E-state index in [1.807, 2.05) is 0 Å². The van der Waals surface area contributed by atoms with E-state index in [4.69, 9.17) is 22.1 Å². The topological polar surface area (TPSA) is 64.3 Å². The van der Waals surface area contributed by atoms with Crippen LogP contribution in [0.1, 0.15) is 11.6 Å². The van der Waals surface area contributed by atoms with Crippen LogP contribution >= 0.6 is 11.6 Å². The van der Waals surface area contributed by atoms with Gasteiger partial charge < -0.3 is 15.8 Å². The fourth-order valence-electron chi connectivity index (χ4n) is 1.96. The predicted molar refractivity (Wildman–Crippen MR) is 80.0 cm³/mol. The van der Waals surface area contributed by atoms with E-state index < -0.39 is 17.8 Å². The fraction of sp³-hybridized carbons (Fsp3) is 0.133. The molecule has 0 bridgehead atoms. The molecule has 2 rings (SSSR count). The Kier molecular flexibility index (Phi) is 4.65. The summed E-state index contributed by atoms with van der Waals surface area (Å²) in [7, 11) is 1.50. The average molecular weight is 309 g/mol. The van der Waals surface area contributed by atoms with Gasteiger partial charge in [-0.2, -0.15) is 0 Å². The number of benzene rings is 2. The van der Waals surface area contributed by atoms with Crippen LogP contribution < -0.4 is 15.8 Å². The van der Waals surface area contributed by atoms with E-state index in [1.165, 1.54) is 19.2 Å². The zero-order valence-corrected chi connectivity index (χ0v) is 12.0. The molecule has 1 unspecified atom stereocenters. The Labute approximate surface area is 126 Å². The number of carbonyl (C=O) groups is 1. The van der Waals surface area contributed by atoms with Gasteiger partial charge in [0.1, 0.15) is 17.6 Å². The summed E-state index contributed by atoms with van der Waals surface area (Å²) in [5, 5.41) is 2.82. The van der Waals surface area contributed by atoms with E-state index in [0.29, 0.717) is 11.4 Å². The summed E-state index contributed by atoms with van der Waals surface area (Å²) in [5.41, 5.74) is 5.99. The van der Waals surface area contributed by atoms with E-state index in [-0.39, 0.29) is 10.6 Å². The number of para-hydroxylation sites is 2. The van der Waals surface area contributed by atoms with Gasteiger partial charge in [0.05, 0.1) is 17.8 Å². The second-order valence-electron chi connectivity index (χ2n) is 4.32. The third-order valence-electron chi connectivity index (χ3n) is 2.98. The van der Waals surface area contributed by atoms with Crippen molar-refractivity contribution in [1.29, 1.82) is 0 Å². The Hall–Kier alpha value is -2.27. The van der Waals surface area contributed by atoms with Crippen molar-refractivity contribution >= 4 is 23.2 Å². The van der Waals surface area contributed by atoms with Crippen LogP contribution in [0, 0.1) is 5.82 Å². The molecule has 0 aromatic heterocycles. The van der Waals surface area contributed by atoms with Gasteiger partial charge in [-0.05, 0) is 18.2 Å². The molecule has 21 heavy (non-hydrogen) atoms. The minimum atomic E-state index is -1.06. The van der Waals surface area contributed by atoms with Gasteiger partial charge in [-0.3, -0.25) is 4.79 Å². The zero-order valence-electron chi connectivity index (χ0n) is 11.3. The van der Waals surface area contributed by atoms with Gasteiger partial charge in [0.15, 0.2) is 0 Å². The van der Waals surface area contributed by atoms with Crippen molar-refractivity contribution in [2.24, 2.45) is 5.73 Å². The number of nitrogens with two attached hydrogens (primary N) is 1. The van der Waals surface area contributed by atoms with E-state index in [2.05, 4.69) is 5.32 Å². The number of primary amides is 1. The molecule has 0 saturated carbocycles. The quantitative estimate of drug-likeness (QED) is 0.892. The monoisotopic (exact) mass is 308 g/mol. The van der Waals surface area contributed by atoms with E-state index in [0.717, 1.165) is 0 Å². The number of halogens is 2. The molecular weight excluding hydrogens is 295 g/mol. The molecule has 0 saturated heterocycles. The third-order valence-corrected chi connectivity index (χ3v) is 3.28. The van der Waals surface area contributed by atoms with Gasteiger partial charge in [0.25, 0.3) is 0 Å². The standard InChI is InChI=1S/C15H14ClFN2O2/c1-21-12-8-3-2-7-11(12)19-14(15(18)20)9-5-4-6-10(16)13(9)17/h2-8,14,19H,1H3,(H2,18,20). The number of carbonyl (C=O) groups excluding carboxylic acids is 1. The summed E-state index contributed by atoms with van der Waals surface area (Å²) in [6, 6.07) is 10.3. The van der Waals surface area contributed by atoms with E-state index >= 15 is 0 Å². The van der Waals surface area contributed by atoms with Gasteiger partial charge in [0, 0.05) is 5.56 Å². The van der Waals surface area contributed by atoms with E-state index in [1.54, 1.807) is 30.3 Å². The van der Waals surface area contributed by atoms with Gasteiger partial charge >= 0.3 is 0 Å². The molecule has 1 amide bonds. The molecule has 1 atom stereocenters. The molecule has 0 spiro atoms. The minimum Gasteiger partial charge on any atom is -0.495 e. The van der Waals surface area contributed by atoms with Gasteiger partial charge in [0.2, 0.25) is 5.91 Å². The summed E-state index contributed by atoms with van der Waals surface area (Å²) in [6.45, 7) is 0. The van der Waals surface area contributed by atoms with Crippen LogP contribution in [0.2, 0.25) is 5.02 Å². The van der Waals surface area contributed by atoms with Crippen LogP contribution in [0.3, 0.4) is 0 Å². The van der Waals surface area contributed by atoms with Crippen molar-refractivity contribution < 1.29 is 13.9 Å². The maximum atomic E-state index is 14.1. The number of rotatable bonds is 5. The first kappa shape index (κ1) is 15.1. The number of amides is 1. The molecule has 3 N–H and O–H groups in total. The summed E-state index contributed by atoms with van der Waals surface area (Å²) >= 11 is 5.74. The Bertz CT molecular complexity index is 664.